The van der Waals surface area contributed by atoms with Crippen molar-refractivity contribution in [2.45, 2.75) is 17.6 Å². The van der Waals surface area contributed by atoms with Gasteiger partial charge in [-0.15, -0.1) is 0 Å². The van der Waals surface area contributed by atoms with Crippen LogP contribution in [0.4, 0.5) is 13.2 Å². The molecule has 0 aromatic heterocycles. The van der Waals surface area contributed by atoms with Gasteiger partial charge in [-0.25, -0.2) is 0 Å². The maximum absolute atomic E-state index is 14.9. The van der Waals surface area contributed by atoms with E-state index >= 15 is 0 Å². The fraction of sp³-hybridized carbons (Fsp3) is 0.0968. The fourth-order valence-electron chi connectivity index (χ4n) is 4.11. The summed E-state index contributed by atoms with van der Waals surface area (Å²) in [6.45, 7) is 0. The second-order valence-electron chi connectivity index (χ2n) is 8.27. The molecule has 5 heteroatoms. The van der Waals surface area contributed by atoms with Crippen LogP contribution in [0.1, 0.15) is 22.3 Å². The molecular formula is C31H21F3O2. The molecule has 0 bridgehead atoms. The number of benzene rings is 4. The van der Waals surface area contributed by atoms with E-state index < -0.39 is 17.6 Å². The molecule has 0 aliphatic carbocycles. The van der Waals surface area contributed by atoms with Crippen LogP contribution in [0.5, 0.6) is 0 Å². The van der Waals surface area contributed by atoms with Crippen molar-refractivity contribution in [3.63, 3.8) is 0 Å². The van der Waals surface area contributed by atoms with Crippen LogP contribution in [0.2, 0.25) is 0 Å². The molecule has 0 spiro atoms. The second-order valence-corrected chi connectivity index (χ2v) is 8.27. The molecular weight excluding hydrogens is 461 g/mol. The summed E-state index contributed by atoms with van der Waals surface area (Å²) in [7, 11) is 0. The molecule has 1 saturated heterocycles. The van der Waals surface area contributed by atoms with Crippen LogP contribution in [0.3, 0.4) is 0 Å². The number of alkyl halides is 3. The minimum Gasteiger partial charge on any atom is -0.450 e. The van der Waals surface area contributed by atoms with Crippen molar-refractivity contribution >= 4 is 6.08 Å². The molecule has 0 saturated carbocycles. The van der Waals surface area contributed by atoms with E-state index in [4.69, 9.17) is 9.47 Å². The van der Waals surface area contributed by atoms with Crippen LogP contribution >= 0.6 is 0 Å². The van der Waals surface area contributed by atoms with Gasteiger partial charge >= 0.3 is 12.0 Å². The van der Waals surface area contributed by atoms with Crippen LogP contribution in [-0.2, 0) is 20.9 Å². The molecule has 1 aliphatic rings. The Morgan fingerprint density at radius 2 is 1.14 bits per heavy atom. The standard InChI is InChI=1S/C31H21F3O2/c32-31(33,34)30(27-19-11-4-12-20-27)35-28(23-25-15-7-2-8-16-25)29(36-30,26-17-9-3-10-18-26)22-21-24-13-5-1-6-14-24/h1-20,23H/b28-23-. The zero-order valence-corrected chi connectivity index (χ0v) is 19.1. The summed E-state index contributed by atoms with van der Waals surface area (Å²) in [4.78, 5) is 0. The van der Waals surface area contributed by atoms with Gasteiger partial charge in [0, 0.05) is 16.7 Å². The highest BCUT2D eigenvalue weighted by molar-refractivity contribution is 5.59. The number of rotatable bonds is 3. The zero-order chi connectivity index (χ0) is 25.1. The van der Waals surface area contributed by atoms with Gasteiger partial charge in [0.2, 0.25) is 5.60 Å². The van der Waals surface area contributed by atoms with Crippen molar-refractivity contribution in [2.75, 3.05) is 0 Å². The lowest BCUT2D eigenvalue weighted by molar-refractivity contribution is -0.359. The lowest BCUT2D eigenvalue weighted by Gasteiger charge is -2.31. The quantitative estimate of drug-likeness (QED) is 0.283. The van der Waals surface area contributed by atoms with Crippen molar-refractivity contribution in [3.05, 3.63) is 149 Å². The van der Waals surface area contributed by atoms with Gasteiger partial charge in [0.15, 0.2) is 5.76 Å². The normalized spacial score (nSPS) is 22.5. The lowest BCUT2D eigenvalue weighted by atomic mass is 9.90. The first-order valence-corrected chi connectivity index (χ1v) is 11.4. The third-order valence-electron chi connectivity index (χ3n) is 5.86. The van der Waals surface area contributed by atoms with Crippen LogP contribution in [0, 0.1) is 11.8 Å². The molecule has 0 N–H and O–H groups in total. The predicted octanol–water partition coefficient (Wildman–Crippen LogP) is 7.44. The summed E-state index contributed by atoms with van der Waals surface area (Å²) >= 11 is 0. The topological polar surface area (TPSA) is 18.5 Å². The van der Waals surface area contributed by atoms with E-state index in [1.165, 1.54) is 24.3 Å². The Kier molecular flexibility index (Phi) is 6.13. The minimum absolute atomic E-state index is 0.0514. The van der Waals surface area contributed by atoms with Gasteiger partial charge in [-0.3, -0.25) is 4.74 Å². The van der Waals surface area contributed by atoms with Gasteiger partial charge in [0.1, 0.15) is 0 Å². The molecule has 5 rings (SSSR count). The summed E-state index contributed by atoms with van der Waals surface area (Å²) in [6, 6.07) is 34.1. The maximum atomic E-state index is 14.9. The van der Waals surface area contributed by atoms with E-state index in [-0.39, 0.29) is 11.3 Å². The summed E-state index contributed by atoms with van der Waals surface area (Å²) in [6.07, 6.45) is -3.35. The molecule has 178 valence electrons. The molecule has 1 heterocycles. The molecule has 0 radical (unpaired) electrons. The largest absolute Gasteiger partial charge is 0.460 e. The fourth-order valence-corrected chi connectivity index (χ4v) is 4.11. The monoisotopic (exact) mass is 482 g/mol. The summed E-state index contributed by atoms with van der Waals surface area (Å²) in [5.41, 5.74) is -0.282. The Balaban J connectivity index is 1.80. The van der Waals surface area contributed by atoms with Gasteiger partial charge in [0.05, 0.1) is 0 Å². The molecule has 1 aliphatic heterocycles. The third kappa shape index (κ3) is 4.28. The Morgan fingerprint density at radius 1 is 0.639 bits per heavy atom. The molecule has 2 unspecified atom stereocenters. The van der Waals surface area contributed by atoms with E-state index in [2.05, 4.69) is 11.8 Å². The highest BCUT2D eigenvalue weighted by Crippen LogP contribution is 2.57. The van der Waals surface area contributed by atoms with Gasteiger partial charge in [-0.05, 0) is 29.7 Å². The third-order valence-corrected chi connectivity index (χ3v) is 5.86. The first-order valence-electron chi connectivity index (χ1n) is 11.4. The zero-order valence-electron chi connectivity index (χ0n) is 19.1. The molecule has 2 nitrogen and oxygen atoms in total. The number of hydrogen-bond donors (Lipinski definition) is 0. The minimum atomic E-state index is -4.91. The second kappa shape index (κ2) is 9.41. The first kappa shape index (κ1) is 23.5. The molecule has 4 aromatic rings. The highest BCUT2D eigenvalue weighted by atomic mass is 19.4. The number of halogens is 3. The van der Waals surface area contributed by atoms with Crippen molar-refractivity contribution in [2.24, 2.45) is 0 Å². The molecule has 2 atom stereocenters. The van der Waals surface area contributed by atoms with E-state index in [0.717, 1.165) is 0 Å². The molecule has 0 amide bonds. The Morgan fingerprint density at radius 3 is 1.69 bits per heavy atom. The predicted molar refractivity (Wildman–Crippen MR) is 132 cm³/mol. The summed E-state index contributed by atoms with van der Waals surface area (Å²) < 4.78 is 56.7. The average Bonchev–Trinajstić information content (AvgIpc) is 3.26. The smallest absolute Gasteiger partial charge is 0.450 e. The van der Waals surface area contributed by atoms with Gasteiger partial charge < -0.3 is 4.74 Å². The maximum Gasteiger partial charge on any atom is 0.460 e. The first-order chi connectivity index (χ1) is 17.4. The number of ether oxygens (including phenoxy) is 2. The average molecular weight is 483 g/mol. The van der Waals surface area contributed by atoms with Crippen LogP contribution in [-0.4, -0.2) is 6.18 Å². The van der Waals surface area contributed by atoms with E-state index in [9.17, 15) is 13.2 Å². The van der Waals surface area contributed by atoms with Crippen molar-refractivity contribution < 1.29 is 22.6 Å². The lowest BCUT2D eigenvalue weighted by Crippen LogP contribution is -2.45. The molecule has 1 fully saturated rings. The van der Waals surface area contributed by atoms with Crippen molar-refractivity contribution in [1.29, 1.82) is 0 Å². The van der Waals surface area contributed by atoms with Gasteiger partial charge in [0.25, 0.3) is 0 Å². The summed E-state index contributed by atoms with van der Waals surface area (Å²) in [5, 5.41) is 0. The SMILES string of the molecule is FC(F)(F)C1(c2ccccc2)O/C(=C\c2ccccc2)C(C#Cc2ccccc2)(c2ccccc2)O1. The Bertz CT molecular complexity index is 1410. The molecule has 36 heavy (non-hydrogen) atoms. The highest BCUT2D eigenvalue weighted by Gasteiger charge is 2.70. The van der Waals surface area contributed by atoms with Crippen molar-refractivity contribution in [1.82, 2.24) is 0 Å². The Hall–Kier alpha value is -4.27. The number of hydrogen-bond acceptors (Lipinski definition) is 2. The van der Waals surface area contributed by atoms with Gasteiger partial charge in [-0.1, -0.05) is 115 Å². The summed E-state index contributed by atoms with van der Waals surface area (Å²) in [5.74, 6) is 2.94. The van der Waals surface area contributed by atoms with Crippen molar-refractivity contribution in [3.8, 4) is 11.8 Å². The van der Waals surface area contributed by atoms with Crippen LogP contribution in [0.15, 0.2) is 127 Å². The molecule has 4 aromatic carbocycles. The van der Waals surface area contributed by atoms with E-state index in [0.29, 0.717) is 16.7 Å². The Labute approximate surface area is 207 Å². The van der Waals surface area contributed by atoms with Crippen LogP contribution in [0.25, 0.3) is 6.08 Å². The van der Waals surface area contributed by atoms with E-state index in [1.807, 2.05) is 24.3 Å². The van der Waals surface area contributed by atoms with Gasteiger partial charge in [-0.2, -0.15) is 13.2 Å². The van der Waals surface area contributed by atoms with Crippen LogP contribution < -0.4 is 0 Å². The van der Waals surface area contributed by atoms with E-state index in [1.54, 1.807) is 78.9 Å².